The number of aliphatic hydroxyl groups excluding tert-OH is 2. The van der Waals surface area contributed by atoms with Gasteiger partial charge in [-0.2, -0.15) is 0 Å². The van der Waals surface area contributed by atoms with Crippen LogP contribution in [0.25, 0.3) is 0 Å². The lowest BCUT2D eigenvalue weighted by Gasteiger charge is -2.33. The summed E-state index contributed by atoms with van der Waals surface area (Å²) >= 11 is 0. The summed E-state index contributed by atoms with van der Waals surface area (Å²) in [6, 6.07) is 15.8. The number of nitrogens with one attached hydrogen (secondary N) is 2. The Morgan fingerprint density at radius 3 is 2.48 bits per heavy atom. The second kappa shape index (κ2) is 9.09. The lowest BCUT2D eigenvalue weighted by molar-refractivity contribution is -0.0923. The summed E-state index contributed by atoms with van der Waals surface area (Å²) in [5.41, 5.74) is 7.05. The first-order valence-corrected chi connectivity index (χ1v) is 9.76. The minimum atomic E-state index is -1.04. The summed E-state index contributed by atoms with van der Waals surface area (Å²) in [5.74, 6) is 1.76. The predicted molar refractivity (Wildman–Crippen MR) is 116 cm³/mol. The highest BCUT2D eigenvalue weighted by atomic mass is 16.5. The highest BCUT2D eigenvalue weighted by Crippen LogP contribution is 2.26. The third-order valence-electron chi connectivity index (χ3n) is 4.96. The molecule has 1 aliphatic heterocycles. The predicted octanol–water partition coefficient (Wildman–Crippen LogP) is 1.80. The van der Waals surface area contributed by atoms with E-state index in [0.29, 0.717) is 22.6 Å². The molecule has 6 N–H and O–H groups in total. The van der Waals surface area contributed by atoms with Gasteiger partial charge >= 0.3 is 0 Å². The number of nitrogens with zero attached hydrogens (tertiary/aromatic N) is 2. The van der Waals surface area contributed by atoms with E-state index in [1.54, 1.807) is 24.3 Å². The van der Waals surface area contributed by atoms with Crippen LogP contribution in [0.3, 0.4) is 0 Å². The Bertz CT molecular complexity index is 1050. The fourth-order valence-electron chi connectivity index (χ4n) is 3.30. The van der Waals surface area contributed by atoms with Crippen molar-refractivity contribution in [2.24, 2.45) is 0 Å². The number of nitrogens with two attached hydrogens (primary N) is 1. The summed E-state index contributed by atoms with van der Waals surface area (Å²) in [4.78, 5) is 8.20. The number of hydrogen-bond donors (Lipinski definition) is 5. The van der Waals surface area contributed by atoms with Crippen LogP contribution < -0.4 is 15.8 Å². The molecule has 2 aromatic carbocycles. The quantitative estimate of drug-likeness (QED) is 0.379. The van der Waals surface area contributed by atoms with E-state index in [4.69, 9.17) is 20.6 Å². The largest absolute Gasteiger partial charge is 0.457 e. The molecule has 0 aliphatic carbocycles. The molecule has 0 bridgehead atoms. The van der Waals surface area contributed by atoms with Crippen molar-refractivity contribution >= 4 is 17.3 Å². The van der Waals surface area contributed by atoms with Gasteiger partial charge in [0.25, 0.3) is 0 Å². The molecule has 9 nitrogen and oxygen atoms in total. The van der Waals surface area contributed by atoms with Crippen LogP contribution in [0.5, 0.6) is 11.5 Å². The normalized spacial score (nSPS) is 20.8. The van der Waals surface area contributed by atoms with Crippen molar-refractivity contribution < 1.29 is 19.7 Å². The molecule has 0 saturated carbocycles. The van der Waals surface area contributed by atoms with Gasteiger partial charge in [0.2, 0.25) is 0 Å². The molecule has 1 saturated heterocycles. The molecule has 31 heavy (non-hydrogen) atoms. The molecule has 3 aromatic rings. The molecule has 4 rings (SSSR count). The highest BCUT2D eigenvalue weighted by molar-refractivity contribution is 6.16. The summed E-state index contributed by atoms with van der Waals surface area (Å²) in [6.45, 7) is 0.242. The van der Waals surface area contributed by atoms with E-state index < -0.39 is 18.2 Å². The van der Waals surface area contributed by atoms with E-state index in [2.05, 4.69) is 15.3 Å². The molecule has 9 heteroatoms. The molecule has 1 aliphatic rings. The van der Waals surface area contributed by atoms with Gasteiger partial charge in [-0.05, 0) is 36.4 Å². The molecule has 3 atom stereocenters. The number of anilines is 2. The average molecular weight is 421 g/mol. The first-order valence-electron chi connectivity index (χ1n) is 9.76. The van der Waals surface area contributed by atoms with Gasteiger partial charge in [-0.15, -0.1) is 0 Å². The number of aromatic nitrogens is 2. The van der Waals surface area contributed by atoms with Gasteiger partial charge in [-0.3, -0.25) is 5.41 Å². The molecule has 3 unspecified atom stereocenters. The van der Waals surface area contributed by atoms with Crippen LogP contribution in [0.15, 0.2) is 60.9 Å². The standard InChI is InChI=1S/C22H23N5O4/c23-19(13-6-8-15(9-7-13)31-14-4-2-1-3-5-14)18-21(24)25-12-26-22(18)27-16-10-30-11-17(28)20(16)29/h1-9,12,16-17,20,23,28-29H,10-11H2,(H3,24,25,26,27). The molecule has 160 valence electrons. The smallest absolute Gasteiger partial charge is 0.141 e. The summed E-state index contributed by atoms with van der Waals surface area (Å²) in [7, 11) is 0. The Morgan fingerprint density at radius 1 is 1.03 bits per heavy atom. The molecular formula is C22H23N5O4. The summed E-state index contributed by atoms with van der Waals surface area (Å²) < 4.78 is 11.1. The first kappa shape index (κ1) is 20.7. The van der Waals surface area contributed by atoms with Crippen molar-refractivity contribution in [3.05, 3.63) is 72.1 Å². The molecular weight excluding hydrogens is 398 g/mol. The lowest BCUT2D eigenvalue weighted by Crippen LogP contribution is -2.51. The molecule has 1 aromatic heterocycles. The minimum absolute atomic E-state index is 0.0609. The third-order valence-corrected chi connectivity index (χ3v) is 4.96. The van der Waals surface area contributed by atoms with E-state index >= 15 is 0 Å². The zero-order chi connectivity index (χ0) is 21.8. The summed E-state index contributed by atoms with van der Waals surface area (Å²) in [6.07, 6.45) is -0.774. The molecule has 0 spiro atoms. The zero-order valence-electron chi connectivity index (χ0n) is 16.6. The van der Waals surface area contributed by atoms with Crippen molar-refractivity contribution in [1.29, 1.82) is 5.41 Å². The van der Waals surface area contributed by atoms with Crippen LogP contribution in [0.1, 0.15) is 11.1 Å². The number of nitrogen functional groups attached to an aromatic ring is 1. The van der Waals surface area contributed by atoms with Crippen molar-refractivity contribution in [1.82, 2.24) is 9.97 Å². The van der Waals surface area contributed by atoms with Crippen LogP contribution >= 0.6 is 0 Å². The maximum Gasteiger partial charge on any atom is 0.141 e. The van der Waals surface area contributed by atoms with Gasteiger partial charge in [0.1, 0.15) is 41.7 Å². The monoisotopic (exact) mass is 421 g/mol. The van der Waals surface area contributed by atoms with Gasteiger partial charge < -0.3 is 30.7 Å². The van der Waals surface area contributed by atoms with E-state index in [1.165, 1.54) is 6.33 Å². The van der Waals surface area contributed by atoms with Crippen LogP contribution in [0, 0.1) is 5.41 Å². The van der Waals surface area contributed by atoms with Crippen molar-refractivity contribution in [3.8, 4) is 11.5 Å². The van der Waals surface area contributed by atoms with E-state index in [0.717, 1.165) is 0 Å². The first-order chi connectivity index (χ1) is 15.0. The van der Waals surface area contributed by atoms with Gasteiger partial charge in [-0.25, -0.2) is 9.97 Å². The SMILES string of the molecule is N=C(c1ccc(Oc2ccccc2)cc1)c1c(N)ncnc1NC1COCC(O)C1O. The van der Waals surface area contributed by atoms with Crippen molar-refractivity contribution in [2.75, 3.05) is 24.3 Å². The maximum absolute atomic E-state index is 10.2. The van der Waals surface area contributed by atoms with Gasteiger partial charge in [0.05, 0.1) is 30.5 Å². The van der Waals surface area contributed by atoms with Crippen LogP contribution in [-0.2, 0) is 4.74 Å². The van der Waals surface area contributed by atoms with E-state index in [9.17, 15) is 10.2 Å². The number of hydrogen-bond acceptors (Lipinski definition) is 9. The van der Waals surface area contributed by atoms with E-state index in [-0.39, 0.29) is 30.6 Å². The fraction of sp³-hybridized carbons (Fsp3) is 0.227. The second-order valence-corrected chi connectivity index (χ2v) is 7.14. The Morgan fingerprint density at radius 2 is 1.74 bits per heavy atom. The second-order valence-electron chi connectivity index (χ2n) is 7.14. The Labute approximate surface area is 179 Å². The zero-order valence-corrected chi connectivity index (χ0v) is 16.6. The van der Waals surface area contributed by atoms with Crippen molar-refractivity contribution in [2.45, 2.75) is 18.2 Å². The number of rotatable bonds is 6. The average Bonchev–Trinajstić information content (AvgIpc) is 2.78. The van der Waals surface area contributed by atoms with Gasteiger partial charge in [-0.1, -0.05) is 18.2 Å². The Balaban J connectivity index is 1.55. The Kier molecular flexibility index (Phi) is 6.08. The third kappa shape index (κ3) is 4.64. The van der Waals surface area contributed by atoms with E-state index in [1.807, 2.05) is 30.3 Å². The van der Waals surface area contributed by atoms with Gasteiger partial charge in [0.15, 0.2) is 0 Å². The molecule has 0 amide bonds. The summed E-state index contributed by atoms with van der Waals surface area (Å²) in [5, 5.41) is 31.8. The van der Waals surface area contributed by atoms with Crippen LogP contribution in [0.4, 0.5) is 11.6 Å². The lowest BCUT2D eigenvalue weighted by atomic mass is 10.0. The number of aliphatic hydroxyl groups is 2. The number of benzene rings is 2. The van der Waals surface area contributed by atoms with Gasteiger partial charge in [0, 0.05) is 5.56 Å². The van der Waals surface area contributed by atoms with Crippen LogP contribution in [-0.4, -0.2) is 57.4 Å². The molecule has 1 fully saturated rings. The highest BCUT2D eigenvalue weighted by Gasteiger charge is 2.32. The number of ether oxygens (including phenoxy) is 2. The Hall–Kier alpha value is -3.53. The molecule has 2 heterocycles. The molecule has 0 radical (unpaired) electrons. The fourth-order valence-corrected chi connectivity index (χ4v) is 3.30. The van der Waals surface area contributed by atoms with Crippen molar-refractivity contribution in [3.63, 3.8) is 0 Å². The maximum atomic E-state index is 10.2. The topological polar surface area (TPSA) is 147 Å². The number of para-hydroxylation sites is 1. The van der Waals surface area contributed by atoms with Crippen LogP contribution in [0.2, 0.25) is 0 Å². The minimum Gasteiger partial charge on any atom is -0.457 e.